The van der Waals surface area contributed by atoms with Gasteiger partial charge in [0.05, 0.1) is 0 Å². The molecule has 2 heterocycles. The van der Waals surface area contributed by atoms with E-state index < -0.39 is 0 Å². The minimum absolute atomic E-state index is 0. The first-order valence-electron chi connectivity index (χ1n) is 6.94. The van der Waals surface area contributed by atoms with Crippen molar-refractivity contribution in [2.75, 3.05) is 26.2 Å². The van der Waals surface area contributed by atoms with E-state index >= 15 is 0 Å². The molecule has 1 aromatic carbocycles. The van der Waals surface area contributed by atoms with Gasteiger partial charge in [-0.3, -0.25) is 4.79 Å². The molecule has 1 aromatic rings. The summed E-state index contributed by atoms with van der Waals surface area (Å²) in [6.45, 7) is 4.03. The molecule has 2 aliphatic rings. The second-order valence-electron chi connectivity index (χ2n) is 5.74. The van der Waals surface area contributed by atoms with Crippen LogP contribution >= 0.6 is 28.3 Å². The van der Waals surface area contributed by atoms with Gasteiger partial charge >= 0.3 is 0 Å². The average molecular weight is 360 g/mol. The van der Waals surface area contributed by atoms with Crippen molar-refractivity contribution in [2.45, 2.75) is 19.3 Å². The van der Waals surface area contributed by atoms with E-state index in [0.717, 1.165) is 42.6 Å². The lowest BCUT2D eigenvalue weighted by Crippen LogP contribution is -2.39. The Balaban J connectivity index is 0.00000147. The molecule has 3 nitrogen and oxygen atoms in total. The molecule has 5 heteroatoms. The Bertz CT molecular complexity index is 489. The molecule has 1 amide bonds. The Labute approximate surface area is 134 Å². The first kappa shape index (κ1) is 15.8. The number of likely N-dealkylation sites (tertiary alicyclic amines) is 1. The van der Waals surface area contributed by atoms with E-state index in [1.54, 1.807) is 0 Å². The zero-order chi connectivity index (χ0) is 13.3. The highest BCUT2D eigenvalue weighted by molar-refractivity contribution is 9.10. The number of halogens is 2. The first-order valence-corrected chi connectivity index (χ1v) is 7.73. The van der Waals surface area contributed by atoms with Gasteiger partial charge in [-0.05, 0) is 56.0 Å². The lowest BCUT2D eigenvalue weighted by Gasteiger charge is -2.33. The average Bonchev–Trinajstić information content (AvgIpc) is 2.82. The van der Waals surface area contributed by atoms with Crippen molar-refractivity contribution in [1.82, 2.24) is 10.2 Å². The van der Waals surface area contributed by atoms with Crippen molar-refractivity contribution >= 4 is 34.2 Å². The number of hydrogen-bond donors (Lipinski definition) is 1. The van der Waals surface area contributed by atoms with Crippen LogP contribution in [0, 0.1) is 5.41 Å². The number of nitrogens with one attached hydrogen (secondary N) is 1. The van der Waals surface area contributed by atoms with Crippen LogP contribution < -0.4 is 5.32 Å². The molecule has 110 valence electrons. The fourth-order valence-electron chi connectivity index (χ4n) is 3.28. The summed E-state index contributed by atoms with van der Waals surface area (Å²) in [7, 11) is 0. The topological polar surface area (TPSA) is 32.3 Å². The third kappa shape index (κ3) is 3.18. The van der Waals surface area contributed by atoms with Gasteiger partial charge in [0.25, 0.3) is 5.91 Å². The quantitative estimate of drug-likeness (QED) is 0.836. The number of benzene rings is 1. The zero-order valence-electron chi connectivity index (χ0n) is 11.4. The second kappa shape index (κ2) is 6.46. The van der Waals surface area contributed by atoms with Gasteiger partial charge in [0.2, 0.25) is 0 Å². The maximum absolute atomic E-state index is 12.5. The standard InChI is InChI=1S/C15H19BrN2O.ClH/c16-13-3-1-2-12(10-13)14(19)18-9-6-15(11-18)4-7-17-8-5-15;/h1-3,10,17H,4-9,11H2;1H. The molecule has 0 bridgehead atoms. The number of carbonyl (C=O) groups excluding carboxylic acids is 1. The predicted molar refractivity (Wildman–Crippen MR) is 86.4 cm³/mol. The fraction of sp³-hybridized carbons (Fsp3) is 0.533. The number of piperidine rings is 1. The Morgan fingerprint density at radius 2 is 2.00 bits per heavy atom. The monoisotopic (exact) mass is 358 g/mol. The molecule has 0 aromatic heterocycles. The predicted octanol–water partition coefficient (Wildman–Crippen LogP) is 3.09. The van der Waals surface area contributed by atoms with E-state index in [9.17, 15) is 4.79 Å². The SMILES string of the molecule is Cl.O=C(c1cccc(Br)c1)N1CCC2(CCNCC2)C1. The van der Waals surface area contributed by atoms with Crippen molar-refractivity contribution < 1.29 is 4.79 Å². The highest BCUT2D eigenvalue weighted by Crippen LogP contribution is 2.39. The number of rotatable bonds is 1. The van der Waals surface area contributed by atoms with Crippen molar-refractivity contribution in [3.63, 3.8) is 0 Å². The van der Waals surface area contributed by atoms with Crippen molar-refractivity contribution in [1.29, 1.82) is 0 Å². The molecule has 20 heavy (non-hydrogen) atoms. The van der Waals surface area contributed by atoms with Crippen LogP contribution in [0.5, 0.6) is 0 Å². The van der Waals surface area contributed by atoms with Crippen LogP contribution in [0.2, 0.25) is 0 Å². The molecule has 2 aliphatic heterocycles. The minimum Gasteiger partial charge on any atom is -0.338 e. The van der Waals surface area contributed by atoms with Gasteiger partial charge < -0.3 is 10.2 Å². The molecule has 3 rings (SSSR count). The van der Waals surface area contributed by atoms with Crippen molar-refractivity contribution in [2.24, 2.45) is 5.41 Å². The Hall–Kier alpha value is -0.580. The van der Waals surface area contributed by atoms with E-state index in [1.165, 1.54) is 12.8 Å². The van der Waals surface area contributed by atoms with E-state index in [1.807, 2.05) is 29.2 Å². The maximum Gasteiger partial charge on any atom is 0.253 e. The lowest BCUT2D eigenvalue weighted by atomic mass is 9.78. The molecule has 0 unspecified atom stereocenters. The zero-order valence-corrected chi connectivity index (χ0v) is 13.8. The third-order valence-electron chi connectivity index (χ3n) is 4.46. The maximum atomic E-state index is 12.5. The molecular formula is C15H20BrClN2O. The summed E-state index contributed by atoms with van der Waals surface area (Å²) < 4.78 is 0.967. The minimum atomic E-state index is 0. The summed E-state index contributed by atoms with van der Waals surface area (Å²) >= 11 is 3.43. The molecular weight excluding hydrogens is 340 g/mol. The molecule has 2 saturated heterocycles. The summed E-state index contributed by atoms with van der Waals surface area (Å²) in [5, 5.41) is 3.41. The van der Waals surface area contributed by atoms with E-state index in [4.69, 9.17) is 0 Å². The number of nitrogens with zero attached hydrogens (tertiary/aromatic N) is 1. The number of hydrogen-bond acceptors (Lipinski definition) is 2. The van der Waals surface area contributed by atoms with E-state index in [-0.39, 0.29) is 18.3 Å². The van der Waals surface area contributed by atoms with Crippen LogP contribution in [-0.4, -0.2) is 37.0 Å². The highest BCUT2D eigenvalue weighted by atomic mass is 79.9. The number of carbonyl (C=O) groups is 1. The third-order valence-corrected chi connectivity index (χ3v) is 4.95. The van der Waals surface area contributed by atoms with Crippen LogP contribution in [-0.2, 0) is 0 Å². The van der Waals surface area contributed by atoms with E-state index in [0.29, 0.717) is 5.41 Å². The van der Waals surface area contributed by atoms with Crippen LogP contribution in [0.1, 0.15) is 29.6 Å². The highest BCUT2D eigenvalue weighted by Gasteiger charge is 2.40. The molecule has 1 spiro atoms. The van der Waals surface area contributed by atoms with Crippen molar-refractivity contribution in [3.8, 4) is 0 Å². The Kier molecular flexibility index (Phi) is 5.10. The molecule has 2 fully saturated rings. The van der Waals surface area contributed by atoms with E-state index in [2.05, 4.69) is 21.2 Å². The van der Waals surface area contributed by atoms with Gasteiger partial charge in [-0.25, -0.2) is 0 Å². The van der Waals surface area contributed by atoms with Gasteiger partial charge in [-0.15, -0.1) is 12.4 Å². The summed E-state index contributed by atoms with van der Waals surface area (Å²) in [6, 6.07) is 7.69. The first-order chi connectivity index (χ1) is 9.19. The fourth-order valence-corrected chi connectivity index (χ4v) is 3.68. The van der Waals surface area contributed by atoms with Crippen LogP contribution in [0.25, 0.3) is 0 Å². The number of amides is 1. The largest absolute Gasteiger partial charge is 0.338 e. The second-order valence-corrected chi connectivity index (χ2v) is 6.65. The molecule has 1 N–H and O–H groups in total. The summed E-state index contributed by atoms with van der Waals surface area (Å²) in [6.07, 6.45) is 3.57. The Morgan fingerprint density at radius 1 is 1.25 bits per heavy atom. The summed E-state index contributed by atoms with van der Waals surface area (Å²) in [5.41, 5.74) is 1.17. The van der Waals surface area contributed by atoms with Gasteiger partial charge in [-0.2, -0.15) is 0 Å². The smallest absolute Gasteiger partial charge is 0.253 e. The Morgan fingerprint density at radius 3 is 2.70 bits per heavy atom. The van der Waals surface area contributed by atoms with Crippen LogP contribution in [0.15, 0.2) is 28.7 Å². The van der Waals surface area contributed by atoms with Crippen molar-refractivity contribution in [3.05, 3.63) is 34.3 Å². The molecule has 0 radical (unpaired) electrons. The van der Waals surface area contributed by atoms with Gasteiger partial charge in [-0.1, -0.05) is 22.0 Å². The molecule has 0 atom stereocenters. The molecule has 0 aliphatic carbocycles. The van der Waals surface area contributed by atoms with Gasteiger partial charge in [0.15, 0.2) is 0 Å². The summed E-state index contributed by atoms with van der Waals surface area (Å²) in [5.74, 6) is 0.178. The summed E-state index contributed by atoms with van der Waals surface area (Å²) in [4.78, 5) is 14.5. The molecule has 0 saturated carbocycles. The normalized spacial score (nSPS) is 20.8. The lowest BCUT2D eigenvalue weighted by molar-refractivity contribution is 0.0762. The van der Waals surface area contributed by atoms with Crippen LogP contribution in [0.4, 0.5) is 0 Å². The van der Waals surface area contributed by atoms with Gasteiger partial charge in [0, 0.05) is 23.1 Å². The van der Waals surface area contributed by atoms with Gasteiger partial charge in [0.1, 0.15) is 0 Å². The van der Waals surface area contributed by atoms with Crippen LogP contribution in [0.3, 0.4) is 0 Å².